The fourth-order valence-electron chi connectivity index (χ4n) is 3.40. The third kappa shape index (κ3) is 3.15. The van der Waals surface area contributed by atoms with E-state index in [0.29, 0.717) is 23.9 Å². The summed E-state index contributed by atoms with van der Waals surface area (Å²) in [6, 6.07) is 5.61. The van der Waals surface area contributed by atoms with E-state index < -0.39 is 0 Å². The van der Waals surface area contributed by atoms with E-state index in [1.54, 1.807) is 19.0 Å². The molecule has 0 bridgehead atoms. The van der Waals surface area contributed by atoms with E-state index in [2.05, 4.69) is 5.32 Å². The standard InChI is InChI=1S/C18H24ClN3O2/c1-11(13-8-20-9-13)18(24)22-10-12(6-17(23)21(2)3)15-7-14(19)4-5-16(15)22/h4-5,7,11-13,20H,6,8-10H2,1-3H3. The van der Waals surface area contributed by atoms with Crippen LogP contribution in [-0.4, -0.2) is 50.4 Å². The van der Waals surface area contributed by atoms with Gasteiger partial charge in [-0.1, -0.05) is 18.5 Å². The average molecular weight is 350 g/mol. The van der Waals surface area contributed by atoms with Gasteiger partial charge in [-0.15, -0.1) is 0 Å². The number of hydrogen-bond acceptors (Lipinski definition) is 3. The van der Waals surface area contributed by atoms with Crippen LogP contribution in [0.3, 0.4) is 0 Å². The van der Waals surface area contributed by atoms with Gasteiger partial charge < -0.3 is 15.1 Å². The van der Waals surface area contributed by atoms with E-state index in [9.17, 15) is 9.59 Å². The molecule has 2 heterocycles. The second kappa shape index (κ2) is 6.73. The highest BCUT2D eigenvalue weighted by Crippen LogP contribution is 2.41. The van der Waals surface area contributed by atoms with Crippen molar-refractivity contribution in [2.75, 3.05) is 38.6 Å². The SMILES string of the molecule is CC(C(=O)N1CC(CC(=O)N(C)C)c2cc(Cl)ccc21)C1CNC1. The van der Waals surface area contributed by atoms with Crippen LogP contribution in [0.2, 0.25) is 5.02 Å². The van der Waals surface area contributed by atoms with Crippen LogP contribution in [0.15, 0.2) is 18.2 Å². The zero-order chi connectivity index (χ0) is 17.4. The number of carbonyl (C=O) groups excluding carboxylic acids is 2. The Morgan fingerprint density at radius 1 is 1.38 bits per heavy atom. The van der Waals surface area contributed by atoms with Gasteiger partial charge in [-0.3, -0.25) is 9.59 Å². The Kier molecular flexibility index (Phi) is 4.83. The summed E-state index contributed by atoms with van der Waals surface area (Å²) in [7, 11) is 3.51. The first-order chi connectivity index (χ1) is 11.4. The molecule has 2 amide bonds. The van der Waals surface area contributed by atoms with E-state index in [1.807, 2.05) is 30.0 Å². The Labute approximate surface area is 147 Å². The second-order valence-electron chi connectivity index (χ2n) is 7.05. The smallest absolute Gasteiger partial charge is 0.230 e. The number of anilines is 1. The predicted octanol–water partition coefficient (Wildman–Crippen LogP) is 2.10. The molecule has 0 aliphatic carbocycles. The van der Waals surface area contributed by atoms with Gasteiger partial charge in [-0.25, -0.2) is 0 Å². The highest BCUT2D eigenvalue weighted by molar-refractivity contribution is 6.30. The molecule has 2 unspecified atom stereocenters. The number of carbonyl (C=O) groups is 2. The fourth-order valence-corrected chi connectivity index (χ4v) is 3.58. The molecule has 3 rings (SSSR count). The quantitative estimate of drug-likeness (QED) is 0.905. The van der Waals surface area contributed by atoms with Crippen molar-refractivity contribution < 1.29 is 9.59 Å². The van der Waals surface area contributed by atoms with Crippen molar-refractivity contribution in [1.82, 2.24) is 10.2 Å². The molecule has 6 heteroatoms. The first-order valence-electron chi connectivity index (χ1n) is 8.40. The van der Waals surface area contributed by atoms with Gasteiger partial charge in [0.25, 0.3) is 0 Å². The summed E-state index contributed by atoms with van der Waals surface area (Å²) in [6.45, 7) is 4.36. The molecular weight excluding hydrogens is 326 g/mol. The zero-order valence-electron chi connectivity index (χ0n) is 14.4. The fraction of sp³-hybridized carbons (Fsp3) is 0.556. The minimum Gasteiger partial charge on any atom is -0.349 e. The van der Waals surface area contributed by atoms with E-state index in [1.165, 1.54) is 0 Å². The van der Waals surface area contributed by atoms with Gasteiger partial charge in [0, 0.05) is 49.6 Å². The van der Waals surface area contributed by atoms with Gasteiger partial charge in [-0.05, 0) is 42.8 Å². The second-order valence-corrected chi connectivity index (χ2v) is 7.48. The average Bonchev–Trinajstić information content (AvgIpc) is 2.82. The molecule has 0 aromatic heterocycles. The molecule has 2 aliphatic rings. The highest BCUT2D eigenvalue weighted by atomic mass is 35.5. The van der Waals surface area contributed by atoms with Crippen LogP contribution in [0.1, 0.15) is 24.8 Å². The highest BCUT2D eigenvalue weighted by Gasteiger charge is 2.38. The molecule has 5 nitrogen and oxygen atoms in total. The minimum absolute atomic E-state index is 0.00395. The van der Waals surface area contributed by atoms with Gasteiger partial charge in [-0.2, -0.15) is 0 Å². The number of amides is 2. The largest absolute Gasteiger partial charge is 0.349 e. The van der Waals surface area contributed by atoms with Crippen LogP contribution in [0.25, 0.3) is 0 Å². The third-order valence-corrected chi connectivity index (χ3v) is 5.45. The van der Waals surface area contributed by atoms with Crippen molar-refractivity contribution >= 4 is 29.1 Å². The van der Waals surface area contributed by atoms with Crippen LogP contribution >= 0.6 is 11.6 Å². The monoisotopic (exact) mass is 349 g/mol. The number of hydrogen-bond donors (Lipinski definition) is 1. The number of halogens is 1. The Morgan fingerprint density at radius 3 is 2.67 bits per heavy atom. The number of rotatable bonds is 4. The van der Waals surface area contributed by atoms with Crippen molar-refractivity contribution in [2.45, 2.75) is 19.3 Å². The van der Waals surface area contributed by atoms with Gasteiger partial charge in [0.1, 0.15) is 0 Å². The number of nitrogens with one attached hydrogen (secondary N) is 1. The molecule has 0 saturated carbocycles. The molecule has 130 valence electrons. The molecular formula is C18H24ClN3O2. The summed E-state index contributed by atoms with van der Waals surface area (Å²) in [4.78, 5) is 28.6. The molecule has 1 aromatic rings. The van der Waals surface area contributed by atoms with Gasteiger partial charge in [0.15, 0.2) is 0 Å². The summed E-state index contributed by atoms with van der Waals surface area (Å²) in [6.07, 6.45) is 0.392. The first-order valence-corrected chi connectivity index (χ1v) is 8.78. The molecule has 1 saturated heterocycles. The zero-order valence-corrected chi connectivity index (χ0v) is 15.1. The van der Waals surface area contributed by atoms with Crippen molar-refractivity contribution in [2.24, 2.45) is 11.8 Å². The maximum atomic E-state index is 13.0. The van der Waals surface area contributed by atoms with Crippen molar-refractivity contribution in [3.05, 3.63) is 28.8 Å². The van der Waals surface area contributed by atoms with Crippen molar-refractivity contribution in [3.8, 4) is 0 Å². The lowest BCUT2D eigenvalue weighted by molar-refractivity contribution is -0.129. The summed E-state index contributed by atoms with van der Waals surface area (Å²) < 4.78 is 0. The first kappa shape index (κ1) is 17.2. The van der Waals surface area contributed by atoms with Crippen LogP contribution in [-0.2, 0) is 9.59 Å². The minimum atomic E-state index is -0.0157. The van der Waals surface area contributed by atoms with E-state index >= 15 is 0 Å². The van der Waals surface area contributed by atoms with Crippen LogP contribution in [0, 0.1) is 11.8 Å². The third-order valence-electron chi connectivity index (χ3n) is 5.22. The van der Waals surface area contributed by atoms with Crippen molar-refractivity contribution in [1.29, 1.82) is 0 Å². The van der Waals surface area contributed by atoms with Gasteiger partial charge in [0.05, 0.1) is 0 Å². The van der Waals surface area contributed by atoms with Crippen LogP contribution in [0.4, 0.5) is 5.69 Å². The van der Waals surface area contributed by atoms with E-state index in [0.717, 1.165) is 24.3 Å². The summed E-state index contributed by atoms with van der Waals surface area (Å²) in [5.41, 5.74) is 1.91. The van der Waals surface area contributed by atoms with E-state index in [-0.39, 0.29) is 23.7 Å². The van der Waals surface area contributed by atoms with E-state index in [4.69, 9.17) is 11.6 Å². The molecule has 2 atom stereocenters. The molecule has 2 aliphatic heterocycles. The maximum Gasteiger partial charge on any atom is 0.230 e. The number of nitrogens with zero attached hydrogens (tertiary/aromatic N) is 2. The Hall–Kier alpha value is -1.59. The van der Waals surface area contributed by atoms with Gasteiger partial charge in [0.2, 0.25) is 11.8 Å². The topological polar surface area (TPSA) is 52.7 Å². The summed E-state index contributed by atoms with van der Waals surface area (Å²) in [5.74, 6) is 0.597. The normalized spacial score (nSPS) is 21.2. The Bertz CT molecular complexity index is 658. The lowest BCUT2D eigenvalue weighted by Crippen LogP contribution is -2.50. The Balaban J connectivity index is 1.84. The lowest BCUT2D eigenvalue weighted by Gasteiger charge is -2.34. The summed E-state index contributed by atoms with van der Waals surface area (Å²) in [5, 5.41) is 3.86. The molecule has 1 aromatic carbocycles. The number of fused-ring (bicyclic) bond motifs is 1. The van der Waals surface area contributed by atoms with Gasteiger partial charge >= 0.3 is 0 Å². The molecule has 24 heavy (non-hydrogen) atoms. The molecule has 1 fully saturated rings. The maximum absolute atomic E-state index is 13.0. The van der Waals surface area contributed by atoms with Crippen LogP contribution < -0.4 is 10.2 Å². The van der Waals surface area contributed by atoms with Crippen molar-refractivity contribution in [3.63, 3.8) is 0 Å². The molecule has 1 N–H and O–H groups in total. The molecule has 0 spiro atoms. The number of benzene rings is 1. The molecule has 0 radical (unpaired) electrons. The Morgan fingerprint density at radius 2 is 2.08 bits per heavy atom. The van der Waals surface area contributed by atoms with Crippen LogP contribution in [0.5, 0.6) is 0 Å². The lowest BCUT2D eigenvalue weighted by atomic mass is 9.88. The summed E-state index contributed by atoms with van der Waals surface area (Å²) >= 11 is 6.15. The predicted molar refractivity (Wildman–Crippen MR) is 95.4 cm³/mol.